The van der Waals surface area contributed by atoms with E-state index in [2.05, 4.69) is 0 Å². The number of methoxy groups -OCH3 is 1. The molecule has 2 fully saturated rings. The predicted molar refractivity (Wildman–Crippen MR) is 115 cm³/mol. The topological polar surface area (TPSA) is 76.1 Å². The quantitative estimate of drug-likeness (QED) is 0.392. The molecule has 2 aromatic rings. The van der Waals surface area contributed by atoms with Crippen LogP contribution in [0.4, 0.5) is 0 Å². The van der Waals surface area contributed by atoms with Crippen LogP contribution in [0.3, 0.4) is 0 Å². The third-order valence-corrected chi connectivity index (χ3v) is 6.74. The molecule has 2 aliphatic heterocycles. The number of benzene rings is 1. The van der Waals surface area contributed by atoms with Crippen LogP contribution in [0, 0.1) is 0 Å². The zero-order chi connectivity index (χ0) is 21.4. The molecule has 0 saturated carbocycles. The van der Waals surface area contributed by atoms with Crippen LogP contribution in [-0.4, -0.2) is 48.1 Å². The van der Waals surface area contributed by atoms with Crippen LogP contribution < -0.4 is 4.74 Å². The number of ether oxygens (including phenoxy) is 2. The van der Waals surface area contributed by atoms with E-state index in [1.54, 1.807) is 0 Å². The number of hydrogen-bond donors (Lipinski definition) is 1. The Morgan fingerprint density at radius 2 is 2.07 bits per heavy atom. The number of Topliss-reactive ketones (excluding diaryl/α,β-unsaturated/α-hetero) is 1. The number of halogens is 2. The first-order chi connectivity index (χ1) is 14.4. The van der Waals surface area contributed by atoms with Gasteiger partial charge in [-0.05, 0) is 36.4 Å². The minimum atomic E-state index is -0.744. The SMILES string of the molecule is COc1c(Cl)cc(/C(O)=C2/C(=O)C(=O)N(CC3CCCO3)C2c2cccs2)cc1Cl. The lowest BCUT2D eigenvalue weighted by atomic mass is 9.99. The third kappa shape index (κ3) is 3.71. The summed E-state index contributed by atoms with van der Waals surface area (Å²) in [5.41, 5.74) is 0.250. The summed E-state index contributed by atoms with van der Waals surface area (Å²) in [7, 11) is 1.43. The van der Waals surface area contributed by atoms with Gasteiger partial charge in [0, 0.05) is 23.6 Å². The minimum absolute atomic E-state index is 0.0118. The highest BCUT2D eigenvalue weighted by Gasteiger charge is 2.47. The van der Waals surface area contributed by atoms with Crippen LogP contribution in [0.5, 0.6) is 5.75 Å². The summed E-state index contributed by atoms with van der Waals surface area (Å²) in [5, 5.41) is 13.3. The summed E-state index contributed by atoms with van der Waals surface area (Å²) >= 11 is 13.8. The van der Waals surface area contributed by atoms with Crippen molar-refractivity contribution in [1.29, 1.82) is 0 Å². The van der Waals surface area contributed by atoms with Gasteiger partial charge in [-0.3, -0.25) is 9.59 Å². The molecule has 2 saturated heterocycles. The number of hydrogen-bond acceptors (Lipinski definition) is 6. The van der Waals surface area contributed by atoms with Gasteiger partial charge < -0.3 is 19.5 Å². The molecule has 0 aliphatic carbocycles. The molecule has 0 spiro atoms. The number of nitrogens with zero attached hydrogens (tertiary/aromatic N) is 1. The molecule has 0 radical (unpaired) electrons. The van der Waals surface area contributed by atoms with Crippen molar-refractivity contribution < 1.29 is 24.2 Å². The van der Waals surface area contributed by atoms with Gasteiger partial charge in [0.05, 0.1) is 34.9 Å². The lowest BCUT2D eigenvalue weighted by molar-refractivity contribution is -0.140. The Labute approximate surface area is 187 Å². The number of thiophene rings is 1. The molecule has 2 aliphatic rings. The molecule has 2 unspecified atom stereocenters. The van der Waals surface area contributed by atoms with Crippen molar-refractivity contribution in [2.24, 2.45) is 0 Å². The van der Waals surface area contributed by atoms with Crippen LogP contribution in [0.15, 0.2) is 35.2 Å². The van der Waals surface area contributed by atoms with E-state index in [9.17, 15) is 14.7 Å². The summed E-state index contributed by atoms with van der Waals surface area (Å²) in [4.78, 5) is 28.1. The Hall–Kier alpha value is -2.06. The molecule has 158 valence electrons. The summed E-state index contributed by atoms with van der Waals surface area (Å²) in [6, 6.07) is 5.90. The number of aliphatic hydroxyl groups excluding tert-OH is 1. The normalized spacial score (nSPS) is 23.4. The van der Waals surface area contributed by atoms with Crippen molar-refractivity contribution in [1.82, 2.24) is 4.90 Å². The number of aliphatic hydroxyl groups is 1. The van der Waals surface area contributed by atoms with Gasteiger partial charge in [0.15, 0.2) is 5.75 Å². The standard InChI is InChI=1S/C21H19Cl2NO5S/c1-28-20-13(22)8-11(9-14(20)23)18(25)16-17(15-5-3-7-30-15)24(21(27)19(16)26)10-12-4-2-6-29-12/h3,5,7-9,12,17,25H,2,4,6,10H2,1H3/b18-16-. The first kappa shape index (κ1) is 21.2. The monoisotopic (exact) mass is 467 g/mol. The van der Waals surface area contributed by atoms with E-state index < -0.39 is 17.7 Å². The zero-order valence-corrected chi connectivity index (χ0v) is 18.4. The van der Waals surface area contributed by atoms with E-state index in [-0.39, 0.29) is 45.3 Å². The Kier molecular flexibility index (Phi) is 6.06. The maximum Gasteiger partial charge on any atom is 0.295 e. The number of rotatable bonds is 5. The summed E-state index contributed by atoms with van der Waals surface area (Å²) in [6.45, 7) is 0.926. The van der Waals surface area contributed by atoms with Crippen LogP contribution in [-0.2, 0) is 14.3 Å². The molecular weight excluding hydrogens is 449 g/mol. The fourth-order valence-corrected chi connectivity index (χ4v) is 5.35. The summed E-state index contributed by atoms with van der Waals surface area (Å²) in [5.74, 6) is -1.46. The van der Waals surface area contributed by atoms with Gasteiger partial charge in [-0.25, -0.2) is 0 Å². The van der Waals surface area contributed by atoms with Crippen molar-refractivity contribution >= 4 is 52.0 Å². The van der Waals surface area contributed by atoms with Crippen LogP contribution in [0.25, 0.3) is 5.76 Å². The number of carbonyl (C=O) groups is 2. The molecule has 1 aromatic carbocycles. The lowest BCUT2D eigenvalue weighted by Crippen LogP contribution is -2.36. The van der Waals surface area contributed by atoms with E-state index >= 15 is 0 Å². The van der Waals surface area contributed by atoms with Crippen LogP contribution in [0.1, 0.15) is 29.3 Å². The van der Waals surface area contributed by atoms with Gasteiger partial charge in [0.25, 0.3) is 11.7 Å². The van der Waals surface area contributed by atoms with E-state index in [1.807, 2.05) is 17.5 Å². The van der Waals surface area contributed by atoms with Gasteiger partial charge in [-0.15, -0.1) is 11.3 Å². The average molecular weight is 468 g/mol. The molecule has 4 rings (SSSR count). The first-order valence-electron chi connectivity index (χ1n) is 9.39. The average Bonchev–Trinajstić information content (AvgIpc) is 3.46. The first-order valence-corrected chi connectivity index (χ1v) is 11.0. The second kappa shape index (κ2) is 8.59. The minimum Gasteiger partial charge on any atom is -0.507 e. The Balaban J connectivity index is 1.82. The van der Waals surface area contributed by atoms with Crippen molar-refractivity contribution in [3.63, 3.8) is 0 Å². The summed E-state index contributed by atoms with van der Waals surface area (Å²) < 4.78 is 10.8. The Morgan fingerprint density at radius 1 is 1.33 bits per heavy atom. The van der Waals surface area contributed by atoms with Gasteiger partial charge in [0.1, 0.15) is 5.76 Å². The highest BCUT2D eigenvalue weighted by Crippen LogP contribution is 2.43. The molecule has 3 heterocycles. The van der Waals surface area contributed by atoms with Crippen molar-refractivity contribution in [3.8, 4) is 5.75 Å². The molecule has 1 aromatic heterocycles. The highest BCUT2D eigenvalue weighted by molar-refractivity contribution is 7.10. The molecule has 1 N–H and O–H groups in total. The van der Waals surface area contributed by atoms with Crippen LogP contribution >= 0.6 is 34.5 Å². The number of amides is 1. The van der Waals surface area contributed by atoms with Crippen molar-refractivity contribution in [3.05, 3.63) is 55.7 Å². The van der Waals surface area contributed by atoms with Crippen LogP contribution in [0.2, 0.25) is 10.0 Å². The fourth-order valence-electron chi connectivity index (χ4n) is 3.87. The molecule has 2 atom stereocenters. The van der Waals surface area contributed by atoms with E-state index in [4.69, 9.17) is 32.7 Å². The second-order valence-electron chi connectivity index (χ2n) is 7.08. The maximum atomic E-state index is 13.0. The smallest absolute Gasteiger partial charge is 0.295 e. The predicted octanol–water partition coefficient (Wildman–Crippen LogP) is 4.66. The molecule has 9 heteroatoms. The number of likely N-dealkylation sites (tertiary alicyclic amines) is 1. The van der Waals surface area contributed by atoms with E-state index in [0.717, 1.165) is 17.7 Å². The number of carbonyl (C=O) groups excluding carboxylic acids is 2. The zero-order valence-electron chi connectivity index (χ0n) is 16.1. The molecule has 0 bridgehead atoms. The lowest BCUT2D eigenvalue weighted by Gasteiger charge is -2.26. The highest BCUT2D eigenvalue weighted by atomic mass is 35.5. The van der Waals surface area contributed by atoms with Gasteiger partial charge in [-0.2, -0.15) is 0 Å². The summed E-state index contributed by atoms with van der Waals surface area (Å²) in [6.07, 6.45) is 1.61. The van der Waals surface area contributed by atoms with Crippen molar-refractivity contribution in [2.45, 2.75) is 25.0 Å². The van der Waals surface area contributed by atoms with Gasteiger partial charge in [-0.1, -0.05) is 29.3 Å². The van der Waals surface area contributed by atoms with Gasteiger partial charge >= 0.3 is 0 Å². The van der Waals surface area contributed by atoms with Gasteiger partial charge in [0.2, 0.25) is 0 Å². The van der Waals surface area contributed by atoms with E-state index in [0.29, 0.717) is 6.61 Å². The Bertz CT molecular complexity index is 991. The molecule has 1 amide bonds. The molecular formula is C21H19Cl2NO5S. The Morgan fingerprint density at radius 3 is 2.63 bits per heavy atom. The molecule has 30 heavy (non-hydrogen) atoms. The maximum absolute atomic E-state index is 13.0. The third-order valence-electron chi connectivity index (χ3n) is 5.25. The fraction of sp³-hybridized carbons (Fsp3) is 0.333. The van der Waals surface area contributed by atoms with Crippen molar-refractivity contribution in [2.75, 3.05) is 20.3 Å². The largest absolute Gasteiger partial charge is 0.507 e. The van der Waals surface area contributed by atoms with E-state index in [1.165, 1.54) is 35.5 Å². The second-order valence-corrected chi connectivity index (χ2v) is 8.87. The molecule has 6 nitrogen and oxygen atoms in total. The number of ketones is 1.